The Morgan fingerprint density at radius 2 is 1.67 bits per heavy atom. The lowest BCUT2D eigenvalue weighted by Gasteiger charge is -2.27. The third-order valence-corrected chi connectivity index (χ3v) is 7.31. The Balaban J connectivity index is 0.00000100. The van der Waals surface area contributed by atoms with Crippen LogP contribution in [0.25, 0.3) is 16.9 Å². The summed E-state index contributed by atoms with van der Waals surface area (Å²) in [7, 11) is -3.43. The number of hydrogen-bond donors (Lipinski definition) is 1. The number of anilines is 1. The molecule has 3 aromatic heterocycles. The second kappa shape index (κ2) is 14.0. The third kappa shape index (κ3) is 7.74. The van der Waals surface area contributed by atoms with Gasteiger partial charge in [-0.25, -0.2) is 18.4 Å². The zero-order valence-corrected chi connectivity index (χ0v) is 24.3. The molecule has 1 saturated heterocycles. The minimum absolute atomic E-state index is 0.123. The summed E-state index contributed by atoms with van der Waals surface area (Å²) >= 11 is 0. The van der Waals surface area contributed by atoms with Gasteiger partial charge < -0.3 is 9.72 Å². The minimum Gasteiger partial charge on any atom is -0.321 e. The number of likely N-dealkylation sites (tertiary alicyclic amines) is 1. The fraction of sp³-hybridized carbons (Fsp3) is 0.367. The smallest absolute Gasteiger partial charge is 0.274 e. The van der Waals surface area contributed by atoms with E-state index in [0.717, 1.165) is 49.1 Å². The van der Waals surface area contributed by atoms with Crippen LogP contribution in [0.3, 0.4) is 0 Å². The molecule has 4 aromatic rings. The quantitative estimate of drug-likeness (QED) is 0.313. The molecule has 4 heterocycles. The van der Waals surface area contributed by atoms with Crippen molar-refractivity contribution in [2.24, 2.45) is 0 Å². The Hall–Kier alpha value is -3.56. The van der Waals surface area contributed by atoms with Crippen molar-refractivity contribution in [1.82, 2.24) is 19.3 Å². The Morgan fingerprint density at radius 3 is 2.31 bits per heavy atom. The van der Waals surface area contributed by atoms with E-state index in [1.54, 1.807) is 6.07 Å². The van der Waals surface area contributed by atoms with Gasteiger partial charge in [0.15, 0.2) is 9.84 Å². The van der Waals surface area contributed by atoms with Gasteiger partial charge in [0.2, 0.25) is 0 Å². The number of amides is 1. The molecular formula is C30H39N5O3S. The van der Waals surface area contributed by atoms with E-state index in [1.807, 2.05) is 87.0 Å². The monoisotopic (exact) mass is 549 g/mol. The van der Waals surface area contributed by atoms with Crippen molar-refractivity contribution in [2.45, 2.75) is 58.4 Å². The number of hydrogen-bond acceptors (Lipinski definition) is 6. The summed E-state index contributed by atoms with van der Waals surface area (Å²) in [6.07, 6.45) is 9.71. The molecule has 1 fully saturated rings. The lowest BCUT2D eigenvalue weighted by Crippen LogP contribution is -2.30. The summed E-state index contributed by atoms with van der Waals surface area (Å²) in [4.78, 5) is 24.4. The summed E-state index contributed by atoms with van der Waals surface area (Å²) in [6.45, 7) is 10.3. The number of nitrogens with zero attached hydrogens (tertiary/aromatic N) is 4. The molecule has 1 N–H and O–H groups in total. The zero-order chi connectivity index (χ0) is 28.4. The maximum absolute atomic E-state index is 13.2. The number of benzene rings is 1. The van der Waals surface area contributed by atoms with Crippen LogP contribution in [0.5, 0.6) is 0 Å². The zero-order valence-electron chi connectivity index (χ0n) is 23.5. The predicted molar refractivity (Wildman–Crippen MR) is 158 cm³/mol. The van der Waals surface area contributed by atoms with Crippen molar-refractivity contribution >= 4 is 27.1 Å². The van der Waals surface area contributed by atoms with Crippen LogP contribution in [-0.2, 0) is 16.4 Å². The fourth-order valence-electron chi connectivity index (χ4n) is 4.36. The van der Waals surface area contributed by atoms with Crippen molar-refractivity contribution < 1.29 is 13.2 Å². The molecule has 1 aliphatic rings. The van der Waals surface area contributed by atoms with Crippen molar-refractivity contribution in [3.05, 3.63) is 78.4 Å². The van der Waals surface area contributed by atoms with Crippen LogP contribution in [-0.4, -0.2) is 52.9 Å². The average molecular weight is 550 g/mol. The van der Waals surface area contributed by atoms with Crippen molar-refractivity contribution in [3.63, 3.8) is 0 Å². The second-order valence-electron chi connectivity index (χ2n) is 8.91. The normalized spacial score (nSPS) is 13.6. The van der Waals surface area contributed by atoms with Gasteiger partial charge in [-0.3, -0.25) is 9.69 Å². The van der Waals surface area contributed by atoms with Gasteiger partial charge in [0.1, 0.15) is 11.3 Å². The van der Waals surface area contributed by atoms with Gasteiger partial charge in [0.05, 0.1) is 10.6 Å². The van der Waals surface area contributed by atoms with Gasteiger partial charge in [-0.1, -0.05) is 52.3 Å². The lowest BCUT2D eigenvalue weighted by atomic mass is 10.1. The molecule has 39 heavy (non-hydrogen) atoms. The Morgan fingerprint density at radius 1 is 0.974 bits per heavy atom. The first kappa shape index (κ1) is 30.0. The van der Waals surface area contributed by atoms with Crippen LogP contribution in [0.4, 0.5) is 5.69 Å². The summed E-state index contributed by atoms with van der Waals surface area (Å²) < 4.78 is 26.1. The Bertz CT molecular complexity index is 1440. The summed E-state index contributed by atoms with van der Waals surface area (Å²) in [5, 5.41) is 2.90. The average Bonchev–Trinajstić information content (AvgIpc) is 3.40. The molecule has 1 amide bonds. The molecule has 0 radical (unpaired) electrons. The third-order valence-electron chi connectivity index (χ3n) is 6.23. The van der Waals surface area contributed by atoms with Crippen LogP contribution >= 0.6 is 0 Å². The van der Waals surface area contributed by atoms with E-state index >= 15 is 0 Å². The highest BCUT2D eigenvalue weighted by molar-refractivity contribution is 7.90. The lowest BCUT2D eigenvalue weighted by molar-refractivity contribution is 0.101. The second-order valence-corrected chi connectivity index (χ2v) is 10.9. The van der Waals surface area contributed by atoms with Crippen LogP contribution in [0.2, 0.25) is 0 Å². The highest BCUT2D eigenvalue weighted by Gasteiger charge is 2.20. The highest BCUT2D eigenvalue weighted by atomic mass is 32.2. The van der Waals surface area contributed by atoms with Gasteiger partial charge in [-0.05, 0) is 61.8 Å². The summed E-state index contributed by atoms with van der Waals surface area (Å²) in [6, 6.07) is 14.9. The maximum Gasteiger partial charge on any atom is 0.274 e. The number of rotatable bonds is 6. The molecule has 0 bridgehead atoms. The molecule has 0 aliphatic carbocycles. The number of carbonyl (C=O) groups is 1. The number of imidazole rings is 1. The van der Waals surface area contributed by atoms with Crippen molar-refractivity contribution in [1.29, 1.82) is 0 Å². The first-order chi connectivity index (χ1) is 18.9. The number of piperidine rings is 1. The van der Waals surface area contributed by atoms with E-state index in [1.165, 1.54) is 12.6 Å². The number of nitrogens with one attached hydrogen (secondary N) is 1. The van der Waals surface area contributed by atoms with Gasteiger partial charge in [-0.2, -0.15) is 0 Å². The van der Waals surface area contributed by atoms with Crippen molar-refractivity contribution in [3.8, 4) is 11.3 Å². The first-order valence-corrected chi connectivity index (χ1v) is 15.5. The molecule has 5 rings (SSSR count). The van der Waals surface area contributed by atoms with E-state index in [0.29, 0.717) is 17.8 Å². The van der Waals surface area contributed by atoms with E-state index in [9.17, 15) is 13.2 Å². The van der Waals surface area contributed by atoms with E-state index in [4.69, 9.17) is 0 Å². The van der Waals surface area contributed by atoms with E-state index in [-0.39, 0.29) is 16.5 Å². The van der Waals surface area contributed by atoms with E-state index in [2.05, 4.69) is 20.2 Å². The highest BCUT2D eigenvalue weighted by Crippen LogP contribution is 2.23. The molecule has 1 aliphatic heterocycles. The number of fused-ring (bicyclic) bond motifs is 1. The number of aromatic nitrogens is 3. The van der Waals surface area contributed by atoms with Crippen LogP contribution < -0.4 is 5.32 Å². The molecule has 0 saturated carbocycles. The number of pyridine rings is 2. The van der Waals surface area contributed by atoms with Crippen LogP contribution in [0.1, 0.15) is 63.0 Å². The van der Waals surface area contributed by atoms with Gasteiger partial charge in [0.25, 0.3) is 5.91 Å². The topological polar surface area (TPSA) is 96.7 Å². The first-order valence-electron chi connectivity index (χ1n) is 13.6. The summed E-state index contributed by atoms with van der Waals surface area (Å²) in [5.74, 6) is -0.363. The molecule has 9 heteroatoms. The molecule has 0 unspecified atom stereocenters. The minimum atomic E-state index is -3.43. The predicted octanol–water partition coefficient (Wildman–Crippen LogP) is 6.09. The Kier molecular flexibility index (Phi) is 10.8. The van der Waals surface area contributed by atoms with E-state index < -0.39 is 9.84 Å². The number of sulfone groups is 1. The largest absolute Gasteiger partial charge is 0.321 e. The van der Waals surface area contributed by atoms with Gasteiger partial charge in [0, 0.05) is 42.6 Å². The molecule has 0 spiro atoms. The van der Waals surface area contributed by atoms with Gasteiger partial charge in [-0.15, -0.1) is 0 Å². The number of carbonyl (C=O) groups excluding carboxylic acids is 1. The summed E-state index contributed by atoms with van der Waals surface area (Å²) in [5.41, 5.74) is 4.13. The Labute approximate surface area is 232 Å². The molecule has 0 atom stereocenters. The van der Waals surface area contributed by atoms with Crippen LogP contribution in [0, 0.1) is 0 Å². The van der Waals surface area contributed by atoms with Gasteiger partial charge >= 0.3 is 0 Å². The SMILES string of the molecule is CC.CC.CS(=O)(=O)c1cnc(C(=O)Nc2ccc(-c3cn4ccccc4n3)cc2)c(CN2CCCCC2)c1. The molecule has 8 nitrogen and oxygen atoms in total. The van der Waals surface area contributed by atoms with Crippen LogP contribution in [0.15, 0.2) is 72.0 Å². The standard InChI is InChI=1S/C26H27N5O3S.2C2H6/c1-35(33,34)22-15-20(17-30-12-4-2-5-13-30)25(27-16-22)26(32)28-21-10-8-19(9-11-21)23-18-31-14-6-3-7-24(31)29-23;2*1-2/h3,6-11,14-16,18H,2,4-5,12-13,17H2,1H3,(H,28,32);2*1-2H3. The fourth-order valence-corrected chi connectivity index (χ4v) is 4.96. The van der Waals surface area contributed by atoms with Crippen molar-refractivity contribution in [2.75, 3.05) is 24.7 Å². The molecule has 208 valence electrons. The maximum atomic E-state index is 13.2. The molecular weight excluding hydrogens is 510 g/mol. The molecule has 1 aromatic carbocycles.